The fourth-order valence-corrected chi connectivity index (χ4v) is 3.56. The van der Waals surface area contributed by atoms with Gasteiger partial charge in [0.25, 0.3) is 0 Å². The Kier molecular flexibility index (Phi) is 4.25. The van der Waals surface area contributed by atoms with E-state index in [0.29, 0.717) is 32.4 Å². The SMILES string of the molecule is CCC1(C(=O)O)CCCN1C(=O)C1CC(=O)N(C(C)C)C1. The maximum Gasteiger partial charge on any atom is 0.329 e. The predicted molar refractivity (Wildman–Crippen MR) is 76.6 cm³/mol. The summed E-state index contributed by atoms with van der Waals surface area (Å²) in [6.07, 6.45) is 1.81. The number of carbonyl (C=O) groups excluding carboxylic acids is 2. The van der Waals surface area contributed by atoms with Crippen LogP contribution in [-0.4, -0.2) is 57.4 Å². The van der Waals surface area contributed by atoms with Crippen molar-refractivity contribution in [2.45, 2.75) is 58.0 Å². The maximum atomic E-state index is 12.7. The van der Waals surface area contributed by atoms with Crippen LogP contribution in [0.5, 0.6) is 0 Å². The minimum Gasteiger partial charge on any atom is -0.479 e. The highest BCUT2D eigenvalue weighted by molar-refractivity contribution is 5.93. The van der Waals surface area contributed by atoms with E-state index in [-0.39, 0.29) is 24.3 Å². The van der Waals surface area contributed by atoms with Gasteiger partial charge in [0.1, 0.15) is 5.54 Å². The van der Waals surface area contributed by atoms with Crippen molar-refractivity contribution in [3.8, 4) is 0 Å². The van der Waals surface area contributed by atoms with Crippen molar-refractivity contribution in [3.05, 3.63) is 0 Å². The van der Waals surface area contributed by atoms with Crippen LogP contribution in [0.25, 0.3) is 0 Å². The zero-order valence-electron chi connectivity index (χ0n) is 13.0. The van der Waals surface area contributed by atoms with Crippen LogP contribution in [0, 0.1) is 5.92 Å². The summed E-state index contributed by atoms with van der Waals surface area (Å²) >= 11 is 0. The molecule has 2 saturated heterocycles. The lowest BCUT2D eigenvalue weighted by atomic mass is 9.91. The van der Waals surface area contributed by atoms with Crippen LogP contribution in [0.15, 0.2) is 0 Å². The Balaban J connectivity index is 2.17. The number of hydrogen-bond donors (Lipinski definition) is 1. The average Bonchev–Trinajstić information content (AvgIpc) is 3.01. The minimum atomic E-state index is -1.08. The summed E-state index contributed by atoms with van der Waals surface area (Å²) in [6.45, 7) is 6.54. The number of hydrogen-bond acceptors (Lipinski definition) is 3. The molecule has 21 heavy (non-hydrogen) atoms. The Morgan fingerprint density at radius 3 is 2.57 bits per heavy atom. The van der Waals surface area contributed by atoms with Gasteiger partial charge in [-0.25, -0.2) is 4.79 Å². The summed E-state index contributed by atoms with van der Waals surface area (Å²) in [6, 6.07) is 0.0734. The van der Waals surface area contributed by atoms with Gasteiger partial charge in [0.2, 0.25) is 11.8 Å². The summed E-state index contributed by atoms with van der Waals surface area (Å²) < 4.78 is 0. The Morgan fingerprint density at radius 1 is 1.43 bits per heavy atom. The van der Waals surface area contributed by atoms with Crippen molar-refractivity contribution in [1.82, 2.24) is 9.80 Å². The van der Waals surface area contributed by atoms with Crippen molar-refractivity contribution in [3.63, 3.8) is 0 Å². The molecular formula is C15H24N2O4. The highest BCUT2D eigenvalue weighted by Gasteiger charge is 2.51. The molecule has 2 rings (SSSR count). The smallest absolute Gasteiger partial charge is 0.329 e. The fraction of sp³-hybridized carbons (Fsp3) is 0.800. The molecule has 0 spiro atoms. The summed E-state index contributed by atoms with van der Waals surface area (Å²) in [5.74, 6) is -1.52. The average molecular weight is 296 g/mol. The number of rotatable bonds is 4. The first-order valence-corrected chi connectivity index (χ1v) is 7.68. The van der Waals surface area contributed by atoms with Gasteiger partial charge in [-0.05, 0) is 33.1 Å². The van der Waals surface area contributed by atoms with Crippen molar-refractivity contribution in [2.75, 3.05) is 13.1 Å². The largest absolute Gasteiger partial charge is 0.479 e. The molecule has 2 fully saturated rings. The normalized spacial score (nSPS) is 29.5. The fourth-order valence-electron chi connectivity index (χ4n) is 3.56. The van der Waals surface area contributed by atoms with E-state index < -0.39 is 17.4 Å². The molecule has 2 atom stereocenters. The molecule has 0 aromatic rings. The topological polar surface area (TPSA) is 77.9 Å². The third-order valence-corrected chi connectivity index (χ3v) is 4.87. The first-order chi connectivity index (χ1) is 9.83. The first kappa shape index (κ1) is 15.8. The van der Waals surface area contributed by atoms with Gasteiger partial charge >= 0.3 is 5.97 Å². The summed E-state index contributed by atoms with van der Waals surface area (Å²) in [4.78, 5) is 39.5. The van der Waals surface area contributed by atoms with Gasteiger partial charge in [-0.15, -0.1) is 0 Å². The van der Waals surface area contributed by atoms with Crippen molar-refractivity contribution in [1.29, 1.82) is 0 Å². The third-order valence-electron chi connectivity index (χ3n) is 4.87. The standard InChI is InChI=1S/C15H24N2O4/c1-4-15(14(20)21)6-5-7-17(15)13(19)11-8-12(18)16(9-11)10(2)3/h10-11H,4-9H2,1-3H3,(H,20,21). The number of amides is 2. The maximum absolute atomic E-state index is 12.7. The molecular weight excluding hydrogens is 272 g/mol. The van der Waals surface area contributed by atoms with Gasteiger partial charge in [0.15, 0.2) is 0 Å². The van der Waals surface area contributed by atoms with Gasteiger partial charge in [-0.3, -0.25) is 9.59 Å². The van der Waals surface area contributed by atoms with Crippen molar-refractivity contribution in [2.24, 2.45) is 5.92 Å². The predicted octanol–water partition coefficient (Wildman–Crippen LogP) is 1.10. The van der Waals surface area contributed by atoms with Gasteiger partial charge in [-0.1, -0.05) is 6.92 Å². The number of aliphatic carboxylic acids is 1. The molecule has 0 aromatic heterocycles. The molecule has 2 aliphatic rings. The molecule has 0 saturated carbocycles. The molecule has 118 valence electrons. The number of carbonyl (C=O) groups is 3. The summed E-state index contributed by atoms with van der Waals surface area (Å²) in [5, 5.41) is 9.55. The van der Waals surface area contributed by atoms with E-state index in [2.05, 4.69) is 0 Å². The molecule has 1 N–H and O–H groups in total. The zero-order chi connectivity index (χ0) is 15.8. The lowest BCUT2D eigenvalue weighted by Crippen LogP contribution is -2.54. The van der Waals surface area contributed by atoms with Crippen LogP contribution >= 0.6 is 0 Å². The molecule has 0 radical (unpaired) electrons. The number of carboxylic acid groups (broad SMARTS) is 1. The van der Waals surface area contributed by atoms with E-state index in [0.717, 1.165) is 0 Å². The van der Waals surface area contributed by atoms with Crippen LogP contribution in [0.4, 0.5) is 0 Å². The molecule has 0 bridgehead atoms. The molecule has 2 unspecified atom stereocenters. The molecule has 2 amide bonds. The third kappa shape index (κ3) is 2.51. The Hall–Kier alpha value is -1.59. The first-order valence-electron chi connectivity index (χ1n) is 7.68. The van der Waals surface area contributed by atoms with Crippen LogP contribution < -0.4 is 0 Å². The molecule has 0 aromatic carbocycles. The quantitative estimate of drug-likeness (QED) is 0.842. The minimum absolute atomic E-state index is 0.0139. The second-order valence-corrected chi connectivity index (χ2v) is 6.32. The van der Waals surface area contributed by atoms with E-state index in [1.807, 2.05) is 13.8 Å². The summed E-state index contributed by atoms with van der Waals surface area (Å²) in [5.41, 5.74) is -1.08. The number of carboxylic acids is 1. The van der Waals surface area contributed by atoms with Gasteiger partial charge in [0.05, 0.1) is 5.92 Å². The second kappa shape index (κ2) is 5.66. The van der Waals surface area contributed by atoms with Gasteiger partial charge in [0, 0.05) is 25.6 Å². The Labute approximate surface area is 125 Å². The number of likely N-dealkylation sites (tertiary alicyclic amines) is 2. The second-order valence-electron chi connectivity index (χ2n) is 6.32. The van der Waals surface area contributed by atoms with E-state index in [1.54, 1.807) is 11.8 Å². The highest BCUT2D eigenvalue weighted by Crippen LogP contribution is 2.35. The molecule has 2 heterocycles. The molecule has 0 aliphatic carbocycles. The molecule has 6 heteroatoms. The zero-order valence-corrected chi connectivity index (χ0v) is 13.0. The Bertz CT molecular complexity index is 463. The van der Waals surface area contributed by atoms with Crippen molar-refractivity contribution < 1.29 is 19.5 Å². The van der Waals surface area contributed by atoms with Crippen molar-refractivity contribution >= 4 is 17.8 Å². The van der Waals surface area contributed by atoms with Gasteiger partial charge in [-0.2, -0.15) is 0 Å². The van der Waals surface area contributed by atoms with Crippen LogP contribution in [-0.2, 0) is 14.4 Å². The molecule has 6 nitrogen and oxygen atoms in total. The Morgan fingerprint density at radius 2 is 2.10 bits per heavy atom. The van der Waals surface area contributed by atoms with Gasteiger partial charge < -0.3 is 14.9 Å². The van der Waals surface area contributed by atoms with E-state index in [1.165, 1.54) is 4.90 Å². The van der Waals surface area contributed by atoms with E-state index >= 15 is 0 Å². The van der Waals surface area contributed by atoms with E-state index in [9.17, 15) is 19.5 Å². The summed E-state index contributed by atoms with van der Waals surface area (Å²) in [7, 11) is 0. The van der Waals surface area contributed by atoms with Crippen LogP contribution in [0.2, 0.25) is 0 Å². The lowest BCUT2D eigenvalue weighted by Gasteiger charge is -2.35. The van der Waals surface area contributed by atoms with Crippen LogP contribution in [0.3, 0.4) is 0 Å². The molecule has 2 aliphatic heterocycles. The lowest BCUT2D eigenvalue weighted by molar-refractivity contribution is -0.158. The highest BCUT2D eigenvalue weighted by atomic mass is 16.4. The number of nitrogens with zero attached hydrogens (tertiary/aromatic N) is 2. The van der Waals surface area contributed by atoms with E-state index in [4.69, 9.17) is 0 Å². The van der Waals surface area contributed by atoms with Crippen LogP contribution in [0.1, 0.15) is 46.5 Å². The monoisotopic (exact) mass is 296 g/mol.